The minimum absolute atomic E-state index is 0.0694. The molecule has 0 radical (unpaired) electrons. The zero-order valence-corrected chi connectivity index (χ0v) is 22.2. The number of benzene rings is 1. The minimum Gasteiger partial charge on any atom is -0.504 e. The van der Waals surface area contributed by atoms with E-state index in [1.807, 2.05) is 13.0 Å². The van der Waals surface area contributed by atoms with Crippen LogP contribution in [-0.2, 0) is 45.2 Å². The Kier molecular flexibility index (Phi) is 7.63. The number of hydrogen-bond donors (Lipinski definition) is 4. The van der Waals surface area contributed by atoms with Crippen molar-refractivity contribution in [1.29, 1.82) is 0 Å². The predicted octanol–water partition coefficient (Wildman–Crippen LogP) is 1.24. The first-order valence-corrected chi connectivity index (χ1v) is 12.8. The highest BCUT2D eigenvalue weighted by molar-refractivity contribution is 5.83. The van der Waals surface area contributed by atoms with E-state index in [1.165, 1.54) is 6.92 Å². The monoisotopic (exact) mass is 547 g/mol. The van der Waals surface area contributed by atoms with E-state index < -0.39 is 59.6 Å². The summed E-state index contributed by atoms with van der Waals surface area (Å²) in [7, 11) is 1.77. The number of aliphatic hydroxyl groups is 1. The molecule has 0 saturated heterocycles. The van der Waals surface area contributed by atoms with Crippen LogP contribution in [0.3, 0.4) is 0 Å². The highest BCUT2D eigenvalue weighted by Crippen LogP contribution is 2.63. The molecule has 3 aliphatic rings. The van der Waals surface area contributed by atoms with Gasteiger partial charge in [0.2, 0.25) is 0 Å². The second-order valence-electron chi connectivity index (χ2n) is 10.1. The van der Waals surface area contributed by atoms with Gasteiger partial charge in [-0.1, -0.05) is 13.0 Å². The molecule has 4 rings (SSSR count). The number of carbonyl (C=O) groups excluding carboxylic acids is 3. The van der Waals surface area contributed by atoms with E-state index in [2.05, 4.69) is 10.1 Å². The molecule has 0 fully saturated rings. The minimum atomic E-state index is -1.41. The van der Waals surface area contributed by atoms with Crippen molar-refractivity contribution >= 4 is 23.9 Å². The summed E-state index contributed by atoms with van der Waals surface area (Å²) < 4.78 is 21.4. The molecule has 212 valence electrons. The number of carbonyl (C=O) groups is 4. The molecule has 1 heterocycles. The van der Waals surface area contributed by atoms with Gasteiger partial charge in [-0.2, -0.15) is 0 Å². The van der Waals surface area contributed by atoms with Crippen LogP contribution in [0.1, 0.15) is 57.6 Å². The standard InChI is InChI=1S/C27H33NO11/c1-5-26-21-15-6-7-16(29)22(21)39-23(26)17(10-11-27(26,35)18(12-15)28-4)38-20(31)9-8-19(30)36-14(3)25(34)37-13(2)24(32)33/h6-7,10,13-14,18,23,28-29,35H,5,8-9,11-12H2,1-4H3,(H,32,33)/t13-,14-,18+,23-,26-,27+/m0/s1. The average Bonchev–Trinajstić information content (AvgIpc) is 3.27. The Labute approximate surface area is 224 Å². The summed E-state index contributed by atoms with van der Waals surface area (Å²) in [5, 5.41) is 34.6. The number of hydrogen-bond acceptors (Lipinski definition) is 11. The number of phenols is 1. The lowest BCUT2D eigenvalue weighted by Crippen LogP contribution is -2.70. The maximum Gasteiger partial charge on any atom is 0.347 e. The SMILES string of the molecule is CC[C@]12c3c4ccc(O)c3O[C@H]1C(OC(=O)CCC(=O)O[C@@H](C)C(=O)O[C@@H](C)C(=O)O)=CC[C@@]2(O)[C@H](NC)C4. The lowest BCUT2D eigenvalue weighted by Gasteiger charge is -2.55. The molecule has 0 amide bonds. The second kappa shape index (κ2) is 10.5. The van der Waals surface area contributed by atoms with Gasteiger partial charge in [-0.25, -0.2) is 9.59 Å². The number of carboxylic acid groups (broad SMARTS) is 1. The molecule has 0 unspecified atom stereocenters. The van der Waals surface area contributed by atoms with Gasteiger partial charge < -0.3 is 39.6 Å². The number of likely N-dealkylation sites (N-methyl/N-ethyl adjacent to an activating group) is 1. The number of ether oxygens (including phenoxy) is 4. The fourth-order valence-electron chi connectivity index (χ4n) is 5.99. The van der Waals surface area contributed by atoms with Crippen LogP contribution in [-0.4, -0.2) is 76.2 Å². The molecule has 1 aromatic carbocycles. The quantitative estimate of drug-likeness (QED) is 0.244. The van der Waals surface area contributed by atoms with E-state index in [0.717, 1.165) is 12.5 Å². The zero-order valence-electron chi connectivity index (χ0n) is 22.2. The molecule has 6 atom stereocenters. The molecule has 1 aliphatic heterocycles. The van der Waals surface area contributed by atoms with Crippen LogP contribution >= 0.6 is 0 Å². The van der Waals surface area contributed by atoms with Crippen molar-refractivity contribution in [2.24, 2.45) is 0 Å². The van der Waals surface area contributed by atoms with Gasteiger partial charge in [-0.15, -0.1) is 0 Å². The average molecular weight is 548 g/mol. The van der Waals surface area contributed by atoms with Gasteiger partial charge >= 0.3 is 23.9 Å². The van der Waals surface area contributed by atoms with E-state index in [1.54, 1.807) is 19.2 Å². The van der Waals surface area contributed by atoms with Gasteiger partial charge in [0.1, 0.15) is 5.76 Å². The van der Waals surface area contributed by atoms with Gasteiger partial charge in [-0.3, -0.25) is 9.59 Å². The summed E-state index contributed by atoms with van der Waals surface area (Å²) in [6.45, 7) is 4.30. The number of esters is 3. The maximum absolute atomic E-state index is 12.7. The molecule has 12 heteroatoms. The second-order valence-corrected chi connectivity index (χ2v) is 10.1. The van der Waals surface area contributed by atoms with Gasteiger partial charge in [0.25, 0.3) is 0 Å². The Bertz CT molecular complexity index is 1230. The van der Waals surface area contributed by atoms with Crippen molar-refractivity contribution in [3.63, 3.8) is 0 Å². The topological polar surface area (TPSA) is 178 Å². The first kappa shape index (κ1) is 28.4. The van der Waals surface area contributed by atoms with Crippen molar-refractivity contribution in [1.82, 2.24) is 5.32 Å². The Hall–Kier alpha value is -3.64. The van der Waals surface area contributed by atoms with Crippen LogP contribution in [0.25, 0.3) is 0 Å². The number of aliphatic carboxylic acids is 1. The number of nitrogens with one attached hydrogen (secondary N) is 1. The molecule has 2 aliphatic carbocycles. The molecule has 1 aromatic rings. The highest BCUT2D eigenvalue weighted by atomic mass is 16.6. The highest BCUT2D eigenvalue weighted by Gasteiger charge is 2.69. The number of rotatable bonds is 10. The lowest BCUT2D eigenvalue weighted by molar-refractivity contribution is -0.175. The molecule has 39 heavy (non-hydrogen) atoms. The smallest absolute Gasteiger partial charge is 0.347 e. The van der Waals surface area contributed by atoms with Crippen LogP contribution in [0.2, 0.25) is 0 Å². The molecule has 12 nitrogen and oxygen atoms in total. The van der Waals surface area contributed by atoms with E-state index in [-0.39, 0.29) is 36.1 Å². The van der Waals surface area contributed by atoms with E-state index in [0.29, 0.717) is 18.4 Å². The van der Waals surface area contributed by atoms with Crippen molar-refractivity contribution in [3.05, 3.63) is 35.1 Å². The third-order valence-corrected chi connectivity index (χ3v) is 7.95. The van der Waals surface area contributed by atoms with Crippen molar-refractivity contribution in [2.45, 2.75) is 88.2 Å². The van der Waals surface area contributed by atoms with Crippen LogP contribution < -0.4 is 10.1 Å². The summed E-state index contributed by atoms with van der Waals surface area (Å²) in [5.41, 5.74) is -0.631. The molecule has 0 bridgehead atoms. The van der Waals surface area contributed by atoms with Crippen LogP contribution in [0.5, 0.6) is 11.5 Å². The Morgan fingerprint density at radius 2 is 1.82 bits per heavy atom. The maximum atomic E-state index is 12.7. The summed E-state index contributed by atoms with van der Waals surface area (Å²) in [5.74, 6) is -3.64. The normalized spacial score (nSPS) is 27.8. The van der Waals surface area contributed by atoms with E-state index in [4.69, 9.17) is 19.3 Å². The summed E-state index contributed by atoms with van der Waals surface area (Å²) in [4.78, 5) is 47.6. The van der Waals surface area contributed by atoms with Gasteiger partial charge in [-0.05, 0) is 51.4 Å². The summed E-state index contributed by atoms with van der Waals surface area (Å²) in [6.07, 6.45) is -1.70. The Morgan fingerprint density at radius 3 is 2.46 bits per heavy atom. The van der Waals surface area contributed by atoms with Gasteiger partial charge in [0, 0.05) is 18.0 Å². The van der Waals surface area contributed by atoms with E-state index in [9.17, 15) is 29.4 Å². The molecule has 0 saturated carbocycles. The molecular formula is C27H33NO11. The van der Waals surface area contributed by atoms with Crippen molar-refractivity contribution < 1.29 is 53.4 Å². The third kappa shape index (κ3) is 4.61. The zero-order chi connectivity index (χ0) is 28.7. The van der Waals surface area contributed by atoms with E-state index >= 15 is 0 Å². The van der Waals surface area contributed by atoms with Crippen molar-refractivity contribution in [2.75, 3.05) is 7.05 Å². The Morgan fingerprint density at radius 1 is 1.13 bits per heavy atom. The number of aromatic hydroxyl groups is 1. The lowest BCUT2D eigenvalue weighted by atomic mass is 9.52. The van der Waals surface area contributed by atoms with Crippen molar-refractivity contribution in [3.8, 4) is 11.5 Å². The Balaban J connectivity index is 1.45. The summed E-state index contributed by atoms with van der Waals surface area (Å²) >= 11 is 0. The predicted molar refractivity (Wildman–Crippen MR) is 133 cm³/mol. The first-order chi connectivity index (χ1) is 18.4. The number of phenolic OH excluding ortho intramolecular Hbond substituents is 1. The fraction of sp³-hybridized carbons (Fsp3) is 0.556. The van der Waals surface area contributed by atoms with Gasteiger partial charge in [0.15, 0.2) is 29.8 Å². The molecule has 4 N–H and O–H groups in total. The fourth-order valence-corrected chi connectivity index (χ4v) is 5.99. The van der Waals surface area contributed by atoms with Crippen LogP contribution in [0, 0.1) is 0 Å². The third-order valence-electron chi connectivity index (χ3n) is 7.95. The number of carboxylic acids is 1. The largest absolute Gasteiger partial charge is 0.504 e. The molecule has 0 aromatic heterocycles. The summed E-state index contributed by atoms with van der Waals surface area (Å²) in [6, 6.07) is 3.05. The molecule has 0 spiro atoms. The van der Waals surface area contributed by atoms with Crippen LogP contribution in [0.4, 0.5) is 0 Å². The molecular weight excluding hydrogens is 514 g/mol. The van der Waals surface area contributed by atoms with Crippen LogP contribution in [0.15, 0.2) is 24.0 Å². The van der Waals surface area contributed by atoms with Gasteiger partial charge in [0.05, 0.1) is 23.9 Å². The first-order valence-electron chi connectivity index (χ1n) is 12.8.